The zero-order chi connectivity index (χ0) is 14.6. The molecule has 1 rings (SSSR count). The molecule has 1 aromatic carbocycles. The fraction of sp³-hybridized carbons (Fsp3) is 0.647. The van der Waals surface area contributed by atoms with Crippen molar-refractivity contribution in [1.29, 1.82) is 0 Å². The Morgan fingerprint density at radius 2 is 1.89 bits per heavy atom. The van der Waals surface area contributed by atoms with E-state index in [0.717, 1.165) is 6.54 Å². The second-order valence-electron chi connectivity index (χ2n) is 6.58. The summed E-state index contributed by atoms with van der Waals surface area (Å²) >= 11 is 0. The topological polar surface area (TPSA) is 15.3 Å². The van der Waals surface area contributed by atoms with E-state index in [9.17, 15) is 0 Å². The first-order valence-electron chi connectivity index (χ1n) is 7.32. The molecule has 1 atom stereocenters. The molecule has 19 heavy (non-hydrogen) atoms. The van der Waals surface area contributed by atoms with Crippen LogP contribution in [0.5, 0.6) is 0 Å². The van der Waals surface area contributed by atoms with Gasteiger partial charge in [0.05, 0.1) is 0 Å². The van der Waals surface area contributed by atoms with E-state index in [-0.39, 0.29) is 5.54 Å². The Hall–Kier alpha value is -1.02. The van der Waals surface area contributed by atoms with Crippen molar-refractivity contribution in [3.05, 3.63) is 29.3 Å². The van der Waals surface area contributed by atoms with Crippen LogP contribution in [0.25, 0.3) is 0 Å². The van der Waals surface area contributed by atoms with Crippen LogP contribution < -0.4 is 10.2 Å². The average molecular weight is 262 g/mol. The molecule has 0 aliphatic rings. The molecule has 0 saturated carbocycles. The van der Waals surface area contributed by atoms with Gasteiger partial charge in [-0.25, -0.2) is 0 Å². The molecule has 0 amide bonds. The minimum absolute atomic E-state index is 0.165. The Labute approximate surface area is 119 Å². The summed E-state index contributed by atoms with van der Waals surface area (Å²) in [4.78, 5) is 2.36. The molecular weight excluding hydrogens is 232 g/mol. The van der Waals surface area contributed by atoms with E-state index in [1.165, 1.54) is 23.2 Å². The highest BCUT2D eigenvalue weighted by atomic mass is 15.1. The van der Waals surface area contributed by atoms with E-state index in [4.69, 9.17) is 0 Å². The molecule has 0 radical (unpaired) electrons. The van der Waals surface area contributed by atoms with Crippen LogP contribution in [0.1, 0.15) is 52.2 Å². The first-order valence-corrected chi connectivity index (χ1v) is 7.32. The van der Waals surface area contributed by atoms with Crippen LogP contribution in [0, 0.1) is 6.92 Å². The van der Waals surface area contributed by atoms with E-state index in [0.29, 0.717) is 6.04 Å². The summed E-state index contributed by atoms with van der Waals surface area (Å²) in [5.74, 6) is 0. The molecule has 0 aromatic heterocycles. The SMILES string of the molecule is CCC(C)N(C)c1ccc(CNC(C)(C)C)c(C)c1. The standard InChI is InChI=1S/C17H30N2/c1-8-14(3)19(7)16-10-9-15(13(2)11-16)12-18-17(4,5)6/h9-11,14,18H,8,12H2,1-7H3. The van der Waals surface area contributed by atoms with Crippen molar-refractivity contribution in [2.24, 2.45) is 0 Å². The first kappa shape index (κ1) is 16.0. The van der Waals surface area contributed by atoms with E-state index in [1.54, 1.807) is 0 Å². The Morgan fingerprint density at radius 3 is 2.37 bits per heavy atom. The number of anilines is 1. The minimum Gasteiger partial charge on any atom is -0.372 e. The molecule has 0 spiro atoms. The third kappa shape index (κ3) is 4.87. The van der Waals surface area contributed by atoms with Crippen LogP contribution in [-0.4, -0.2) is 18.6 Å². The zero-order valence-corrected chi connectivity index (χ0v) is 13.7. The number of nitrogens with one attached hydrogen (secondary N) is 1. The molecule has 1 aromatic rings. The molecule has 108 valence electrons. The Morgan fingerprint density at radius 1 is 1.26 bits per heavy atom. The predicted molar refractivity (Wildman–Crippen MR) is 85.9 cm³/mol. The highest BCUT2D eigenvalue weighted by molar-refractivity contribution is 5.50. The van der Waals surface area contributed by atoms with Gasteiger partial charge in [0, 0.05) is 30.9 Å². The summed E-state index contributed by atoms with van der Waals surface area (Å²) in [6.07, 6.45) is 1.17. The molecule has 0 saturated heterocycles. The maximum absolute atomic E-state index is 3.55. The van der Waals surface area contributed by atoms with Crippen LogP contribution in [0.4, 0.5) is 5.69 Å². The van der Waals surface area contributed by atoms with E-state index >= 15 is 0 Å². The zero-order valence-electron chi connectivity index (χ0n) is 13.7. The monoisotopic (exact) mass is 262 g/mol. The molecular formula is C17H30N2. The fourth-order valence-electron chi connectivity index (χ4n) is 1.99. The third-order valence-electron chi connectivity index (χ3n) is 3.79. The molecule has 0 heterocycles. The quantitative estimate of drug-likeness (QED) is 0.859. The number of hydrogen-bond donors (Lipinski definition) is 1. The van der Waals surface area contributed by atoms with E-state index in [1.807, 2.05) is 0 Å². The minimum atomic E-state index is 0.165. The lowest BCUT2D eigenvalue weighted by atomic mass is 10.0. The van der Waals surface area contributed by atoms with Gasteiger partial charge in [-0.2, -0.15) is 0 Å². The van der Waals surface area contributed by atoms with Crippen molar-refractivity contribution in [2.75, 3.05) is 11.9 Å². The van der Waals surface area contributed by atoms with Crippen molar-refractivity contribution >= 4 is 5.69 Å². The summed E-state index contributed by atoms with van der Waals surface area (Å²) in [6, 6.07) is 7.37. The van der Waals surface area contributed by atoms with E-state index in [2.05, 4.69) is 77.0 Å². The Balaban J connectivity index is 2.80. The van der Waals surface area contributed by atoms with Crippen molar-refractivity contribution in [2.45, 2.75) is 66.1 Å². The molecule has 1 N–H and O–H groups in total. The number of aryl methyl sites for hydroxylation is 1. The van der Waals surface area contributed by atoms with Crippen molar-refractivity contribution in [3.8, 4) is 0 Å². The van der Waals surface area contributed by atoms with Crippen LogP contribution in [0.3, 0.4) is 0 Å². The third-order valence-corrected chi connectivity index (χ3v) is 3.79. The van der Waals surface area contributed by atoms with Crippen LogP contribution in [-0.2, 0) is 6.54 Å². The van der Waals surface area contributed by atoms with Gasteiger partial charge in [0.25, 0.3) is 0 Å². The van der Waals surface area contributed by atoms with Gasteiger partial charge in [0.1, 0.15) is 0 Å². The lowest BCUT2D eigenvalue weighted by Gasteiger charge is -2.27. The number of rotatable bonds is 5. The summed E-state index contributed by atoms with van der Waals surface area (Å²) < 4.78 is 0. The van der Waals surface area contributed by atoms with Crippen LogP contribution >= 0.6 is 0 Å². The molecule has 2 nitrogen and oxygen atoms in total. The number of benzene rings is 1. The van der Waals surface area contributed by atoms with Gasteiger partial charge in [-0.05, 0) is 64.3 Å². The molecule has 0 fully saturated rings. The summed E-state index contributed by atoms with van der Waals surface area (Å²) in [7, 11) is 2.18. The van der Waals surface area contributed by atoms with Gasteiger partial charge in [0.2, 0.25) is 0 Å². The largest absolute Gasteiger partial charge is 0.372 e. The molecule has 0 aliphatic carbocycles. The fourth-order valence-corrected chi connectivity index (χ4v) is 1.99. The molecule has 0 aliphatic heterocycles. The number of hydrogen-bond acceptors (Lipinski definition) is 2. The summed E-state index contributed by atoms with van der Waals surface area (Å²) in [5.41, 5.74) is 4.23. The van der Waals surface area contributed by atoms with Gasteiger partial charge in [-0.15, -0.1) is 0 Å². The van der Waals surface area contributed by atoms with Crippen molar-refractivity contribution in [1.82, 2.24) is 5.32 Å². The van der Waals surface area contributed by atoms with Gasteiger partial charge in [-0.1, -0.05) is 13.0 Å². The smallest absolute Gasteiger partial charge is 0.0368 e. The van der Waals surface area contributed by atoms with Gasteiger partial charge < -0.3 is 10.2 Å². The maximum Gasteiger partial charge on any atom is 0.0368 e. The van der Waals surface area contributed by atoms with Gasteiger partial charge in [-0.3, -0.25) is 0 Å². The van der Waals surface area contributed by atoms with Gasteiger partial charge in [0.15, 0.2) is 0 Å². The Bertz CT molecular complexity index is 404. The first-order chi connectivity index (χ1) is 8.74. The molecule has 0 bridgehead atoms. The second kappa shape index (κ2) is 6.42. The molecule has 2 heteroatoms. The van der Waals surface area contributed by atoms with Gasteiger partial charge >= 0.3 is 0 Å². The predicted octanol–water partition coefficient (Wildman–Crippen LogP) is 4.12. The van der Waals surface area contributed by atoms with Crippen molar-refractivity contribution < 1.29 is 0 Å². The maximum atomic E-state index is 3.55. The lowest BCUT2D eigenvalue weighted by molar-refractivity contribution is 0.424. The Kier molecular flexibility index (Phi) is 5.42. The van der Waals surface area contributed by atoms with Crippen LogP contribution in [0.2, 0.25) is 0 Å². The van der Waals surface area contributed by atoms with Crippen molar-refractivity contribution in [3.63, 3.8) is 0 Å². The van der Waals surface area contributed by atoms with E-state index < -0.39 is 0 Å². The average Bonchev–Trinajstić information content (AvgIpc) is 2.34. The van der Waals surface area contributed by atoms with Crippen LogP contribution in [0.15, 0.2) is 18.2 Å². The highest BCUT2D eigenvalue weighted by Crippen LogP contribution is 2.21. The highest BCUT2D eigenvalue weighted by Gasteiger charge is 2.11. The second-order valence-corrected chi connectivity index (χ2v) is 6.58. The lowest BCUT2D eigenvalue weighted by Crippen LogP contribution is -2.35. The molecule has 1 unspecified atom stereocenters. The normalized spacial score (nSPS) is 13.4. The summed E-state index contributed by atoms with van der Waals surface area (Å²) in [5, 5.41) is 3.55. The summed E-state index contributed by atoms with van der Waals surface area (Å²) in [6.45, 7) is 14.2. The number of nitrogens with zero attached hydrogens (tertiary/aromatic N) is 1.